The van der Waals surface area contributed by atoms with Gasteiger partial charge in [-0.1, -0.05) is 12.2 Å². The van der Waals surface area contributed by atoms with Crippen molar-refractivity contribution >= 4 is 71.4 Å². The van der Waals surface area contributed by atoms with E-state index in [1.165, 1.54) is 10.9 Å². The molecule has 17 nitrogen and oxygen atoms in total. The van der Waals surface area contributed by atoms with E-state index in [4.69, 9.17) is 50.8 Å². The van der Waals surface area contributed by atoms with Gasteiger partial charge in [-0.3, -0.25) is 23.4 Å². The zero-order valence-corrected chi connectivity index (χ0v) is 25.5. The minimum atomic E-state index is -4.05. The second-order valence-electron chi connectivity index (χ2n) is 10.2. The first-order valence-electron chi connectivity index (χ1n) is 13.0. The molecule has 7 rings (SSSR count). The van der Waals surface area contributed by atoms with Gasteiger partial charge in [0.15, 0.2) is 17.4 Å². The number of aromatic amines is 1. The van der Waals surface area contributed by atoms with Crippen LogP contribution in [0.15, 0.2) is 35.6 Å². The maximum Gasteiger partial charge on any atom is 0.386 e. The number of nitrogens with one attached hydrogen (secondary N) is 1. The first-order valence-corrected chi connectivity index (χ1v) is 18.3. The van der Waals surface area contributed by atoms with E-state index >= 15 is 0 Å². The van der Waals surface area contributed by atoms with Gasteiger partial charge >= 0.3 is 13.5 Å². The first kappa shape index (κ1) is 29.3. The number of fused-ring (bicyclic) bond motifs is 5. The molecule has 2 bridgehead atoms. The van der Waals surface area contributed by atoms with Crippen molar-refractivity contribution in [3.05, 3.63) is 41.2 Å². The van der Waals surface area contributed by atoms with E-state index in [2.05, 4.69) is 32.2 Å². The van der Waals surface area contributed by atoms with Crippen LogP contribution in [0.5, 0.6) is 0 Å². The molecule has 43 heavy (non-hydrogen) atoms. The highest BCUT2D eigenvalue weighted by Gasteiger charge is 2.46. The molecule has 7 heterocycles. The number of anilines is 2. The zero-order chi connectivity index (χ0) is 30.1. The first-order chi connectivity index (χ1) is 20.5. The van der Waals surface area contributed by atoms with Crippen LogP contribution in [0.25, 0.3) is 22.2 Å². The highest BCUT2D eigenvalue weighted by molar-refractivity contribution is 8.44. The highest BCUT2D eigenvalue weighted by Crippen LogP contribution is 2.58. The molecule has 0 spiro atoms. The van der Waals surface area contributed by atoms with Gasteiger partial charge in [0.25, 0.3) is 5.56 Å². The smallest absolute Gasteiger partial charge is 0.386 e. The molecule has 21 heteroatoms. The number of rotatable bonds is 2. The van der Waals surface area contributed by atoms with Crippen LogP contribution in [0.1, 0.15) is 25.3 Å². The van der Waals surface area contributed by atoms with Crippen molar-refractivity contribution in [3.63, 3.8) is 0 Å². The van der Waals surface area contributed by atoms with Gasteiger partial charge in [0.1, 0.15) is 24.1 Å². The number of nitrogen functional groups attached to an aromatic ring is 2. The molecule has 3 fully saturated rings. The van der Waals surface area contributed by atoms with Crippen LogP contribution >= 0.6 is 25.8 Å². The Kier molecular flexibility index (Phi) is 7.42. The molecule has 4 aromatic heterocycles. The topological polar surface area (TPSA) is 226 Å². The largest absolute Gasteiger partial charge is 0.398 e. The molecule has 3 saturated heterocycles. The fourth-order valence-electron chi connectivity index (χ4n) is 5.48. The summed E-state index contributed by atoms with van der Waals surface area (Å²) in [6.07, 6.45) is 0.208. The van der Waals surface area contributed by atoms with Crippen molar-refractivity contribution in [1.82, 2.24) is 29.1 Å². The Morgan fingerprint density at radius 2 is 1.88 bits per heavy atom. The number of hydrogen-bond donors (Lipinski definition) is 5. The third-order valence-corrected chi connectivity index (χ3v) is 10.6. The van der Waals surface area contributed by atoms with Gasteiger partial charge in [0.05, 0.1) is 31.7 Å². The summed E-state index contributed by atoms with van der Waals surface area (Å²) in [7, 11) is 0. The average Bonchev–Trinajstić information content (AvgIpc) is 3.71. The quantitative estimate of drug-likeness (QED) is 0.152. The standard InChI is InChI=1S/C22H26N8O9P2S2/c23-12-1-3-25-18-11(12)2-4-29(18)16-6-13-15(37-16)8-35-41(33,43)39-14-5-10(7-34-40(32,42)38-13)36-21(14)30-9-26-17-19(30)27-22(24)28-20(17)31/h1-4,9-10,13-16,21H,5-8H2,(H2,23,25)(H,32,42)(H,33,43)(H3,24,27,28,31)/t10-,13-,14+,15?,16+,21+,40?,41?/m0/s1. The van der Waals surface area contributed by atoms with Crippen molar-refractivity contribution < 1.29 is 37.0 Å². The maximum atomic E-state index is 13.5. The van der Waals surface area contributed by atoms with Gasteiger partial charge in [0.2, 0.25) is 5.95 Å². The van der Waals surface area contributed by atoms with Crippen LogP contribution in [-0.2, 0) is 43.9 Å². The number of nitrogens with two attached hydrogens (primary N) is 2. The van der Waals surface area contributed by atoms with Gasteiger partial charge in [-0.15, -0.1) is 0 Å². The highest BCUT2D eigenvalue weighted by atomic mass is 32.7. The lowest BCUT2D eigenvalue weighted by Crippen LogP contribution is -2.29. The molecular formula is C22H26N8O9P2S2. The third kappa shape index (κ3) is 5.64. The zero-order valence-electron chi connectivity index (χ0n) is 22.0. The van der Waals surface area contributed by atoms with Crippen molar-refractivity contribution in [1.29, 1.82) is 0 Å². The molecule has 8 atom stereocenters. The summed E-state index contributed by atoms with van der Waals surface area (Å²) in [5.41, 5.74) is 12.6. The summed E-state index contributed by atoms with van der Waals surface area (Å²) in [4.78, 5) is 38.4. The van der Waals surface area contributed by atoms with Crippen LogP contribution in [0.2, 0.25) is 0 Å². The molecular weight excluding hydrogens is 646 g/mol. The molecule has 230 valence electrons. The Morgan fingerprint density at radius 3 is 2.72 bits per heavy atom. The molecule has 3 aliphatic heterocycles. The molecule has 3 unspecified atom stereocenters. The number of hydrogen-bond acceptors (Lipinski definition) is 14. The minimum Gasteiger partial charge on any atom is -0.398 e. The van der Waals surface area contributed by atoms with Crippen LogP contribution in [-0.4, -0.2) is 71.6 Å². The number of nitrogens with zero attached hydrogens (tertiary/aromatic N) is 5. The van der Waals surface area contributed by atoms with Crippen LogP contribution in [0, 0.1) is 0 Å². The fourth-order valence-corrected chi connectivity index (χ4v) is 8.47. The summed E-state index contributed by atoms with van der Waals surface area (Å²) in [5, 5.41) is 0.743. The summed E-state index contributed by atoms with van der Waals surface area (Å²) >= 11 is 9.54. The number of thiol groups is 1. The van der Waals surface area contributed by atoms with E-state index in [-0.39, 0.29) is 43.2 Å². The van der Waals surface area contributed by atoms with Gasteiger partial charge in [-0.05, 0) is 23.9 Å². The molecule has 0 aliphatic carbocycles. The predicted molar refractivity (Wildman–Crippen MR) is 159 cm³/mol. The summed E-state index contributed by atoms with van der Waals surface area (Å²) in [6, 6.07) is 3.51. The van der Waals surface area contributed by atoms with Gasteiger partial charge in [0, 0.05) is 36.3 Å². The predicted octanol–water partition coefficient (Wildman–Crippen LogP) is 1.98. The number of H-pyrrole nitrogens is 1. The SMILES string of the molecule is Nc1nc2c(ncn2[C@@H]2O[C@@H]3COP(O)(=S)O[C@H]4C[C@H](n5ccc6c(N)ccnc65)OC4COP(=O)(S)O[C@@H]2C3)c(=O)[nH]1. The molecule has 0 amide bonds. The molecule has 3 aliphatic rings. The Balaban J connectivity index is 1.17. The normalized spacial score (nSPS) is 35.4. The molecule has 0 saturated carbocycles. The average molecular weight is 673 g/mol. The van der Waals surface area contributed by atoms with E-state index < -0.39 is 55.9 Å². The number of ether oxygens (including phenoxy) is 2. The molecule has 4 aromatic rings. The second-order valence-corrected chi connectivity index (χ2v) is 15.9. The van der Waals surface area contributed by atoms with Crippen LogP contribution < -0.4 is 17.0 Å². The Hall–Kier alpha value is -2.41. The van der Waals surface area contributed by atoms with Crippen LogP contribution in [0.3, 0.4) is 0 Å². The van der Waals surface area contributed by atoms with E-state index in [9.17, 15) is 14.3 Å². The Morgan fingerprint density at radius 1 is 1.05 bits per heavy atom. The van der Waals surface area contributed by atoms with Gasteiger partial charge in [-0.25, -0.2) is 14.5 Å². The van der Waals surface area contributed by atoms with Crippen molar-refractivity contribution in [2.24, 2.45) is 0 Å². The summed E-state index contributed by atoms with van der Waals surface area (Å²) in [6.45, 7) is -8.34. The number of imidazole rings is 1. The third-order valence-electron chi connectivity index (χ3n) is 7.37. The van der Waals surface area contributed by atoms with Crippen LogP contribution in [0.4, 0.5) is 11.6 Å². The molecule has 6 N–H and O–H groups in total. The van der Waals surface area contributed by atoms with E-state index in [1.807, 2.05) is 6.07 Å². The Bertz CT molecular complexity index is 1870. The number of pyridine rings is 1. The Labute approximate surface area is 252 Å². The van der Waals surface area contributed by atoms with Crippen molar-refractivity contribution in [2.45, 2.75) is 49.7 Å². The van der Waals surface area contributed by atoms with E-state index in [0.717, 1.165) is 5.39 Å². The van der Waals surface area contributed by atoms with E-state index in [1.54, 1.807) is 23.0 Å². The maximum absolute atomic E-state index is 13.5. The summed E-state index contributed by atoms with van der Waals surface area (Å²) < 4.78 is 52.2. The van der Waals surface area contributed by atoms with Gasteiger partial charge < -0.3 is 39.4 Å². The number of aromatic nitrogens is 6. The lowest BCUT2D eigenvalue weighted by molar-refractivity contribution is -0.0572. The van der Waals surface area contributed by atoms with Gasteiger partial charge in [-0.2, -0.15) is 4.98 Å². The van der Waals surface area contributed by atoms with Crippen molar-refractivity contribution in [2.75, 3.05) is 24.7 Å². The molecule has 0 radical (unpaired) electrons. The fraction of sp³-hybridized carbons (Fsp3) is 0.455. The van der Waals surface area contributed by atoms with Crippen molar-refractivity contribution in [3.8, 4) is 0 Å². The lowest BCUT2D eigenvalue weighted by atomic mass is 10.2. The second kappa shape index (κ2) is 10.9. The lowest BCUT2D eigenvalue weighted by Gasteiger charge is -2.26. The minimum absolute atomic E-state index is 0.0163. The molecule has 0 aromatic carbocycles. The monoisotopic (exact) mass is 672 g/mol. The van der Waals surface area contributed by atoms with E-state index in [0.29, 0.717) is 11.3 Å². The summed E-state index contributed by atoms with van der Waals surface area (Å²) in [5.74, 6) is -0.130.